The standard InChI is InChI=1S/C27H22F3NO4S/c1-16(2)21-15-31-25-20(11-7-12-22(25)27(28,29)30)24(21)17-8-6-9-18(14-17)35-26(32)19-10-4-5-13-23(19)36(3,33)34/h4-16H,1-3H3. The van der Waals surface area contributed by atoms with Gasteiger partial charge in [-0.05, 0) is 52.9 Å². The molecule has 0 amide bonds. The molecule has 1 aromatic heterocycles. The van der Waals surface area contributed by atoms with Crippen LogP contribution in [0.1, 0.15) is 41.3 Å². The summed E-state index contributed by atoms with van der Waals surface area (Å²) in [5, 5.41) is 0.321. The number of nitrogens with zero attached hydrogens (tertiary/aromatic N) is 1. The van der Waals surface area contributed by atoms with Gasteiger partial charge in [-0.2, -0.15) is 13.2 Å². The van der Waals surface area contributed by atoms with E-state index in [1.807, 2.05) is 13.8 Å². The minimum atomic E-state index is -4.58. The number of sulfone groups is 1. The van der Waals surface area contributed by atoms with Gasteiger partial charge in [0.15, 0.2) is 9.84 Å². The Bertz CT molecular complexity index is 1580. The smallest absolute Gasteiger partial charge is 0.418 e. The number of ether oxygens (including phenoxy) is 1. The third-order valence-corrected chi connectivity index (χ3v) is 6.85. The molecule has 0 saturated heterocycles. The van der Waals surface area contributed by atoms with Crippen LogP contribution in [0.2, 0.25) is 0 Å². The van der Waals surface area contributed by atoms with Crippen LogP contribution in [-0.4, -0.2) is 25.6 Å². The van der Waals surface area contributed by atoms with Crippen molar-refractivity contribution in [3.8, 4) is 16.9 Å². The summed E-state index contributed by atoms with van der Waals surface area (Å²) in [6, 6.07) is 16.0. The number of rotatable bonds is 5. The quantitative estimate of drug-likeness (QED) is 0.220. The highest BCUT2D eigenvalue weighted by Crippen LogP contribution is 2.40. The number of hydrogen-bond donors (Lipinski definition) is 0. The van der Waals surface area contributed by atoms with Crippen LogP contribution in [0.15, 0.2) is 77.8 Å². The first-order chi connectivity index (χ1) is 16.9. The second kappa shape index (κ2) is 9.39. The summed E-state index contributed by atoms with van der Waals surface area (Å²) in [7, 11) is -3.68. The molecule has 4 aromatic rings. The normalized spacial score (nSPS) is 12.2. The maximum absolute atomic E-state index is 13.7. The second-order valence-electron chi connectivity index (χ2n) is 8.63. The Labute approximate surface area is 206 Å². The molecule has 0 aliphatic heterocycles. The molecule has 4 rings (SSSR count). The summed E-state index contributed by atoms with van der Waals surface area (Å²) >= 11 is 0. The van der Waals surface area contributed by atoms with Crippen LogP contribution in [0.3, 0.4) is 0 Å². The molecule has 0 unspecified atom stereocenters. The van der Waals surface area contributed by atoms with Gasteiger partial charge in [0.2, 0.25) is 0 Å². The van der Waals surface area contributed by atoms with Gasteiger partial charge in [0.05, 0.1) is 21.5 Å². The van der Waals surface area contributed by atoms with Gasteiger partial charge in [0.25, 0.3) is 0 Å². The number of pyridine rings is 1. The van der Waals surface area contributed by atoms with Gasteiger partial charge in [-0.15, -0.1) is 0 Å². The average molecular weight is 514 g/mol. The first kappa shape index (κ1) is 25.4. The Morgan fingerprint density at radius 2 is 1.67 bits per heavy atom. The Morgan fingerprint density at radius 3 is 2.33 bits per heavy atom. The van der Waals surface area contributed by atoms with Crippen LogP contribution >= 0.6 is 0 Å². The number of esters is 1. The van der Waals surface area contributed by atoms with E-state index in [9.17, 15) is 26.4 Å². The fourth-order valence-electron chi connectivity index (χ4n) is 4.06. The van der Waals surface area contributed by atoms with Gasteiger partial charge in [0.1, 0.15) is 5.75 Å². The summed E-state index contributed by atoms with van der Waals surface area (Å²) in [6.07, 6.45) is -2.14. The SMILES string of the molecule is CC(C)c1cnc2c(C(F)(F)F)cccc2c1-c1cccc(OC(=O)c2ccccc2S(C)(=O)=O)c1. The molecule has 186 valence electrons. The van der Waals surface area contributed by atoms with Gasteiger partial charge in [-0.25, -0.2) is 13.2 Å². The summed E-state index contributed by atoms with van der Waals surface area (Å²) in [5.74, 6) is -0.803. The van der Waals surface area contributed by atoms with Crippen LogP contribution in [0.4, 0.5) is 13.2 Å². The lowest BCUT2D eigenvalue weighted by atomic mass is 9.90. The van der Waals surface area contributed by atoms with E-state index in [0.717, 1.165) is 17.9 Å². The third-order valence-electron chi connectivity index (χ3n) is 5.69. The summed E-state index contributed by atoms with van der Waals surface area (Å²) in [4.78, 5) is 16.8. The molecular formula is C27H22F3NO4S. The number of alkyl halides is 3. The van der Waals surface area contributed by atoms with E-state index in [0.29, 0.717) is 16.5 Å². The molecule has 0 atom stereocenters. The van der Waals surface area contributed by atoms with Crippen LogP contribution in [-0.2, 0) is 16.0 Å². The van der Waals surface area contributed by atoms with E-state index in [1.54, 1.807) is 24.3 Å². The van der Waals surface area contributed by atoms with E-state index in [4.69, 9.17) is 4.74 Å². The predicted octanol–water partition coefficient (Wildman–Crippen LogP) is 6.67. The Balaban J connectivity index is 1.83. The predicted molar refractivity (Wildman–Crippen MR) is 131 cm³/mol. The topological polar surface area (TPSA) is 73.3 Å². The molecule has 9 heteroatoms. The molecule has 0 aliphatic carbocycles. The molecule has 36 heavy (non-hydrogen) atoms. The highest BCUT2D eigenvalue weighted by Gasteiger charge is 2.34. The molecule has 3 aromatic carbocycles. The summed E-state index contributed by atoms with van der Waals surface area (Å²) in [5.41, 5.74) is 0.693. The Hall–Kier alpha value is -3.72. The van der Waals surface area contributed by atoms with E-state index in [1.165, 1.54) is 42.6 Å². The number of hydrogen-bond acceptors (Lipinski definition) is 5. The van der Waals surface area contributed by atoms with Gasteiger partial charge in [-0.1, -0.05) is 50.2 Å². The lowest BCUT2D eigenvalue weighted by Gasteiger charge is -2.18. The van der Waals surface area contributed by atoms with Gasteiger partial charge < -0.3 is 4.74 Å². The lowest BCUT2D eigenvalue weighted by molar-refractivity contribution is -0.136. The fraction of sp³-hybridized carbons (Fsp3) is 0.185. The number of fused-ring (bicyclic) bond motifs is 1. The Morgan fingerprint density at radius 1 is 0.972 bits per heavy atom. The van der Waals surface area contributed by atoms with Gasteiger partial charge in [0, 0.05) is 17.8 Å². The van der Waals surface area contributed by atoms with Crippen molar-refractivity contribution in [1.29, 1.82) is 0 Å². The van der Waals surface area contributed by atoms with Crippen molar-refractivity contribution in [2.75, 3.05) is 6.26 Å². The zero-order valence-electron chi connectivity index (χ0n) is 19.6. The number of halogens is 3. The first-order valence-electron chi connectivity index (χ1n) is 11.0. The third kappa shape index (κ3) is 4.97. The number of para-hydroxylation sites is 1. The lowest BCUT2D eigenvalue weighted by Crippen LogP contribution is -2.13. The maximum atomic E-state index is 13.7. The highest BCUT2D eigenvalue weighted by molar-refractivity contribution is 7.90. The van der Waals surface area contributed by atoms with E-state index in [-0.39, 0.29) is 27.6 Å². The first-order valence-corrected chi connectivity index (χ1v) is 12.9. The number of aromatic nitrogens is 1. The summed E-state index contributed by atoms with van der Waals surface area (Å²) < 4.78 is 70.6. The minimum absolute atomic E-state index is 0.0562. The molecule has 5 nitrogen and oxygen atoms in total. The van der Waals surface area contributed by atoms with Gasteiger partial charge >= 0.3 is 12.1 Å². The monoisotopic (exact) mass is 513 g/mol. The second-order valence-corrected chi connectivity index (χ2v) is 10.6. The molecule has 0 radical (unpaired) electrons. The zero-order chi connectivity index (χ0) is 26.3. The molecule has 0 saturated carbocycles. The van der Waals surface area contributed by atoms with Crippen molar-refractivity contribution >= 4 is 26.7 Å². The zero-order valence-corrected chi connectivity index (χ0v) is 20.4. The molecule has 1 heterocycles. The fourth-order valence-corrected chi connectivity index (χ4v) is 4.94. The van der Waals surface area contributed by atoms with Crippen molar-refractivity contribution < 1.29 is 31.1 Å². The van der Waals surface area contributed by atoms with Crippen LogP contribution in [0.25, 0.3) is 22.0 Å². The van der Waals surface area contributed by atoms with Crippen molar-refractivity contribution in [2.24, 2.45) is 0 Å². The van der Waals surface area contributed by atoms with Crippen molar-refractivity contribution in [3.63, 3.8) is 0 Å². The number of benzene rings is 3. The van der Waals surface area contributed by atoms with Crippen molar-refractivity contribution in [3.05, 3.63) is 89.6 Å². The largest absolute Gasteiger partial charge is 0.423 e. The number of carbonyl (C=O) groups is 1. The van der Waals surface area contributed by atoms with Gasteiger partial charge in [-0.3, -0.25) is 4.98 Å². The molecular weight excluding hydrogens is 491 g/mol. The van der Waals surface area contributed by atoms with Crippen molar-refractivity contribution in [2.45, 2.75) is 30.8 Å². The molecule has 0 aliphatic rings. The van der Waals surface area contributed by atoms with E-state index in [2.05, 4.69) is 4.98 Å². The van der Waals surface area contributed by atoms with Crippen LogP contribution < -0.4 is 4.74 Å². The van der Waals surface area contributed by atoms with Crippen LogP contribution in [0.5, 0.6) is 5.75 Å². The average Bonchev–Trinajstić information content (AvgIpc) is 2.81. The number of carbonyl (C=O) groups excluding carboxylic acids is 1. The molecule has 0 bridgehead atoms. The van der Waals surface area contributed by atoms with Crippen LogP contribution in [0, 0.1) is 0 Å². The maximum Gasteiger partial charge on any atom is 0.418 e. The Kier molecular flexibility index (Phi) is 6.62. The summed E-state index contributed by atoms with van der Waals surface area (Å²) in [6.45, 7) is 3.82. The molecule has 0 N–H and O–H groups in total. The van der Waals surface area contributed by atoms with E-state index >= 15 is 0 Å². The molecule has 0 fully saturated rings. The van der Waals surface area contributed by atoms with Crippen molar-refractivity contribution in [1.82, 2.24) is 4.98 Å². The minimum Gasteiger partial charge on any atom is -0.423 e. The van der Waals surface area contributed by atoms with E-state index < -0.39 is 27.5 Å². The highest BCUT2D eigenvalue weighted by atomic mass is 32.2. The molecule has 0 spiro atoms.